The summed E-state index contributed by atoms with van der Waals surface area (Å²) in [7, 11) is 0. The molecule has 52 heavy (non-hydrogen) atoms. The standard InChI is InChI=1S/2C16H13ClF3N5O/c2*1-8(11-4-3-10(5-12(11)17)16(18,19)20)25-21-7-14(24-25)13-6-15(26)23-9(2)22-13/h2*3-8H,1-2H3,(H,22,23,26)/t2*8-/m10/s1. The highest BCUT2D eigenvalue weighted by Gasteiger charge is 2.32. The first-order valence-corrected chi connectivity index (χ1v) is 15.8. The minimum atomic E-state index is -4.47. The molecule has 6 rings (SSSR count). The second-order valence-electron chi connectivity index (χ2n) is 11.4. The molecule has 0 aliphatic carbocycles. The molecule has 2 atom stereocenters. The Morgan fingerprint density at radius 1 is 0.615 bits per heavy atom. The molecule has 2 aromatic carbocycles. The summed E-state index contributed by atoms with van der Waals surface area (Å²) in [5, 5.41) is 16.7. The zero-order chi connectivity index (χ0) is 38.1. The van der Waals surface area contributed by atoms with Gasteiger partial charge in [-0.2, -0.15) is 56.3 Å². The van der Waals surface area contributed by atoms with Crippen LogP contribution in [0.3, 0.4) is 0 Å². The molecule has 20 heteroatoms. The highest BCUT2D eigenvalue weighted by atomic mass is 35.5. The van der Waals surface area contributed by atoms with Gasteiger partial charge in [0.1, 0.15) is 23.0 Å². The molecule has 4 aromatic heterocycles. The molecule has 0 spiro atoms. The Hall–Kier alpha value is -5.36. The van der Waals surface area contributed by atoms with Gasteiger partial charge in [-0.05, 0) is 63.1 Å². The second-order valence-corrected chi connectivity index (χ2v) is 12.2. The number of rotatable bonds is 6. The van der Waals surface area contributed by atoms with Gasteiger partial charge in [0, 0.05) is 22.2 Å². The monoisotopic (exact) mass is 766 g/mol. The van der Waals surface area contributed by atoms with Gasteiger partial charge >= 0.3 is 12.4 Å². The van der Waals surface area contributed by atoms with Crippen molar-refractivity contribution in [3.05, 3.63) is 126 Å². The predicted molar refractivity (Wildman–Crippen MR) is 178 cm³/mol. The molecule has 4 heterocycles. The second kappa shape index (κ2) is 14.7. The lowest BCUT2D eigenvalue weighted by Crippen LogP contribution is -2.12. The van der Waals surface area contributed by atoms with Crippen LogP contribution in [-0.4, -0.2) is 49.9 Å². The summed E-state index contributed by atoms with van der Waals surface area (Å²) >= 11 is 12.0. The fourth-order valence-corrected chi connectivity index (χ4v) is 5.59. The number of aryl methyl sites for hydroxylation is 2. The van der Waals surface area contributed by atoms with Gasteiger partial charge in [-0.25, -0.2) is 9.97 Å². The van der Waals surface area contributed by atoms with E-state index in [0.29, 0.717) is 45.6 Å². The maximum atomic E-state index is 12.8. The summed E-state index contributed by atoms with van der Waals surface area (Å²) in [5.74, 6) is 0.863. The molecular formula is C32H26Cl2F6N10O2. The van der Waals surface area contributed by atoms with Crippen molar-refractivity contribution in [2.24, 2.45) is 0 Å². The Bertz CT molecular complexity index is 2190. The molecule has 0 radical (unpaired) electrons. The number of hydrogen-bond donors (Lipinski definition) is 2. The Morgan fingerprint density at radius 2 is 0.981 bits per heavy atom. The molecular weight excluding hydrogens is 741 g/mol. The third-order valence-corrected chi connectivity index (χ3v) is 8.17. The molecule has 0 amide bonds. The largest absolute Gasteiger partial charge is 0.416 e. The van der Waals surface area contributed by atoms with Crippen molar-refractivity contribution in [1.82, 2.24) is 49.9 Å². The van der Waals surface area contributed by atoms with Crippen LogP contribution < -0.4 is 11.1 Å². The Balaban J connectivity index is 0.000000201. The van der Waals surface area contributed by atoms with E-state index in [1.54, 1.807) is 27.7 Å². The van der Waals surface area contributed by atoms with Crippen molar-refractivity contribution in [3.8, 4) is 22.8 Å². The van der Waals surface area contributed by atoms with Gasteiger partial charge in [0.2, 0.25) is 0 Å². The molecule has 272 valence electrons. The van der Waals surface area contributed by atoms with Gasteiger partial charge < -0.3 is 9.97 Å². The normalized spacial score (nSPS) is 13.0. The van der Waals surface area contributed by atoms with Gasteiger partial charge in [0.05, 0.1) is 47.0 Å². The zero-order valence-electron chi connectivity index (χ0n) is 27.3. The van der Waals surface area contributed by atoms with Crippen LogP contribution in [0.5, 0.6) is 0 Å². The van der Waals surface area contributed by atoms with Crippen LogP contribution in [-0.2, 0) is 12.4 Å². The molecule has 0 aliphatic heterocycles. The minimum absolute atomic E-state index is 0.0312. The number of alkyl halides is 6. The molecule has 2 N–H and O–H groups in total. The van der Waals surface area contributed by atoms with E-state index in [1.807, 2.05) is 0 Å². The summed E-state index contributed by atoms with van der Waals surface area (Å²) in [5.41, 5.74) is 0.0385. The topological polar surface area (TPSA) is 153 Å². The zero-order valence-corrected chi connectivity index (χ0v) is 28.9. The Labute approximate surface area is 299 Å². The van der Waals surface area contributed by atoms with Crippen LogP contribution >= 0.6 is 23.2 Å². The third-order valence-electron chi connectivity index (χ3n) is 7.51. The number of benzene rings is 2. The predicted octanol–water partition coefficient (Wildman–Crippen LogP) is 7.24. The maximum Gasteiger partial charge on any atom is 0.416 e. The van der Waals surface area contributed by atoms with Crippen molar-refractivity contribution in [2.75, 3.05) is 0 Å². The van der Waals surface area contributed by atoms with E-state index < -0.39 is 35.6 Å². The number of aromatic nitrogens is 10. The first-order chi connectivity index (χ1) is 24.3. The molecule has 0 bridgehead atoms. The number of H-pyrrole nitrogens is 2. The smallest absolute Gasteiger partial charge is 0.311 e. The first kappa shape index (κ1) is 37.9. The van der Waals surface area contributed by atoms with Crippen molar-refractivity contribution in [2.45, 2.75) is 52.1 Å². The van der Waals surface area contributed by atoms with E-state index in [4.69, 9.17) is 23.2 Å². The van der Waals surface area contributed by atoms with Crippen LogP contribution in [0.4, 0.5) is 26.3 Å². The van der Waals surface area contributed by atoms with Gasteiger partial charge in [-0.3, -0.25) is 9.59 Å². The van der Waals surface area contributed by atoms with E-state index in [1.165, 1.54) is 46.3 Å². The van der Waals surface area contributed by atoms with Crippen LogP contribution in [0.25, 0.3) is 22.8 Å². The van der Waals surface area contributed by atoms with Gasteiger partial charge in [-0.1, -0.05) is 35.3 Å². The van der Waals surface area contributed by atoms with E-state index in [9.17, 15) is 35.9 Å². The van der Waals surface area contributed by atoms with Crippen molar-refractivity contribution < 1.29 is 26.3 Å². The lowest BCUT2D eigenvalue weighted by atomic mass is 10.1. The summed E-state index contributed by atoms with van der Waals surface area (Å²) in [6, 6.07) is 7.83. The molecule has 0 aliphatic rings. The lowest BCUT2D eigenvalue weighted by Gasteiger charge is -2.15. The van der Waals surface area contributed by atoms with Crippen LogP contribution in [0.1, 0.15) is 59.8 Å². The number of hydrogen-bond acceptors (Lipinski definition) is 8. The van der Waals surface area contributed by atoms with E-state index in [-0.39, 0.29) is 21.2 Å². The third kappa shape index (κ3) is 8.74. The SMILES string of the molecule is Cc1nc(-c2cnn([C@@H](C)c3ccc(C(F)(F)F)cc3Cl)n2)cc(=O)[nH]1.Cc1nc(-c2cnn([C@H](C)c3ccc(C(F)(F)F)cc3Cl)n2)cc(=O)[nH]1. The van der Waals surface area contributed by atoms with Crippen molar-refractivity contribution in [1.29, 1.82) is 0 Å². The summed E-state index contributed by atoms with van der Waals surface area (Å²) in [4.78, 5) is 39.1. The first-order valence-electron chi connectivity index (χ1n) is 15.0. The van der Waals surface area contributed by atoms with Crippen LogP contribution in [0.2, 0.25) is 10.0 Å². The quantitative estimate of drug-likeness (QED) is 0.168. The van der Waals surface area contributed by atoms with Crippen LogP contribution in [0.15, 0.2) is 70.5 Å². The number of aromatic amines is 2. The van der Waals surface area contributed by atoms with Crippen molar-refractivity contribution >= 4 is 23.2 Å². The van der Waals surface area contributed by atoms with E-state index in [0.717, 1.165) is 24.3 Å². The van der Waals surface area contributed by atoms with Gasteiger partial charge in [-0.15, -0.1) is 0 Å². The molecule has 0 saturated carbocycles. The van der Waals surface area contributed by atoms with Crippen molar-refractivity contribution in [3.63, 3.8) is 0 Å². The summed E-state index contributed by atoms with van der Waals surface area (Å²) < 4.78 is 76.5. The molecule has 0 fully saturated rings. The summed E-state index contributed by atoms with van der Waals surface area (Å²) in [6.07, 6.45) is -6.08. The highest BCUT2D eigenvalue weighted by molar-refractivity contribution is 6.31. The highest BCUT2D eigenvalue weighted by Crippen LogP contribution is 2.36. The average molecular weight is 768 g/mol. The number of nitrogens with zero attached hydrogens (tertiary/aromatic N) is 8. The van der Waals surface area contributed by atoms with E-state index >= 15 is 0 Å². The average Bonchev–Trinajstić information content (AvgIpc) is 3.74. The van der Waals surface area contributed by atoms with E-state index in [2.05, 4.69) is 40.3 Å². The molecule has 12 nitrogen and oxygen atoms in total. The lowest BCUT2D eigenvalue weighted by molar-refractivity contribution is -0.138. The summed E-state index contributed by atoms with van der Waals surface area (Å²) in [6.45, 7) is 6.68. The molecule has 6 aromatic rings. The maximum absolute atomic E-state index is 12.8. The Kier molecular flexibility index (Phi) is 10.7. The number of halogens is 8. The van der Waals surface area contributed by atoms with Crippen LogP contribution in [0, 0.1) is 13.8 Å². The Morgan fingerprint density at radius 3 is 1.29 bits per heavy atom. The fraction of sp³-hybridized carbons (Fsp3) is 0.250. The van der Waals surface area contributed by atoms with Gasteiger partial charge in [0.25, 0.3) is 11.1 Å². The fourth-order valence-electron chi connectivity index (χ4n) is 4.91. The van der Waals surface area contributed by atoms with Gasteiger partial charge in [0.15, 0.2) is 0 Å². The molecule has 0 saturated heterocycles. The minimum Gasteiger partial charge on any atom is -0.311 e. The number of nitrogens with one attached hydrogen (secondary N) is 2. The molecule has 0 unspecified atom stereocenters.